The molecule has 5 heteroatoms. The molecule has 0 atom stereocenters. The van der Waals surface area contributed by atoms with Crippen molar-refractivity contribution < 1.29 is 4.79 Å². The number of halogens is 1. The standard InChI is InChI=1S/C21H22ClN3O/c1-15(2)24(3)20(26)13-17-14-25(19-7-5-4-6-8-19)23-21(17)16-9-11-18(22)12-10-16/h4-12,14-15H,13H2,1-3H3. The first-order valence-corrected chi connectivity index (χ1v) is 8.99. The van der Waals surface area contributed by atoms with Crippen LogP contribution < -0.4 is 0 Å². The van der Waals surface area contributed by atoms with Gasteiger partial charge in [-0.05, 0) is 38.1 Å². The van der Waals surface area contributed by atoms with Gasteiger partial charge < -0.3 is 4.90 Å². The van der Waals surface area contributed by atoms with Crippen molar-refractivity contribution in [2.24, 2.45) is 0 Å². The van der Waals surface area contributed by atoms with Gasteiger partial charge in [-0.15, -0.1) is 0 Å². The number of carbonyl (C=O) groups excluding carboxylic acids is 1. The second-order valence-electron chi connectivity index (χ2n) is 6.57. The first-order valence-electron chi connectivity index (χ1n) is 8.61. The van der Waals surface area contributed by atoms with Crippen LogP contribution in [0, 0.1) is 0 Å². The van der Waals surface area contributed by atoms with Gasteiger partial charge >= 0.3 is 0 Å². The third-order valence-electron chi connectivity index (χ3n) is 4.44. The molecule has 0 fully saturated rings. The van der Waals surface area contributed by atoms with Crippen LogP contribution in [-0.4, -0.2) is 33.7 Å². The molecular formula is C21H22ClN3O. The third-order valence-corrected chi connectivity index (χ3v) is 4.69. The summed E-state index contributed by atoms with van der Waals surface area (Å²) >= 11 is 6.01. The summed E-state index contributed by atoms with van der Waals surface area (Å²) in [5, 5.41) is 5.41. The SMILES string of the molecule is CC(C)N(C)C(=O)Cc1cn(-c2ccccc2)nc1-c1ccc(Cl)cc1. The monoisotopic (exact) mass is 367 g/mol. The Morgan fingerprint density at radius 1 is 1.12 bits per heavy atom. The van der Waals surface area contributed by atoms with Gasteiger partial charge in [0.15, 0.2) is 0 Å². The van der Waals surface area contributed by atoms with Crippen LogP contribution in [0.15, 0.2) is 60.8 Å². The minimum Gasteiger partial charge on any atom is -0.343 e. The summed E-state index contributed by atoms with van der Waals surface area (Å²) in [6, 6.07) is 17.6. The van der Waals surface area contributed by atoms with E-state index in [0.717, 1.165) is 22.5 Å². The fourth-order valence-electron chi connectivity index (χ4n) is 2.68. The number of benzene rings is 2. The number of nitrogens with zero attached hydrogens (tertiary/aromatic N) is 3. The molecule has 1 heterocycles. The van der Waals surface area contributed by atoms with Crippen LogP contribution in [0.1, 0.15) is 19.4 Å². The van der Waals surface area contributed by atoms with Gasteiger partial charge in [-0.2, -0.15) is 5.10 Å². The lowest BCUT2D eigenvalue weighted by Crippen LogP contribution is -2.34. The van der Waals surface area contributed by atoms with Gasteiger partial charge in [0.1, 0.15) is 0 Å². The maximum absolute atomic E-state index is 12.6. The van der Waals surface area contributed by atoms with E-state index in [9.17, 15) is 4.79 Å². The zero-order valence-electron chi connectivity index (χ0n) is 15.2. The predicted molar refractivity (Wildman–Crippen MR) is 106 cm³/mol. The molecule has 0 spiro atoms. The van der Waals surface area contributed by atoms with Crippen LogP contribution in [0.4, 0.5) is 0 Å². The highest BCUT2D eigenvalue weighted by Crippen LogP contribution is 2.26. The van der Waals surface area contributed by atoms with Crippen LogP contribution in [-0.2, 0) is 11.2 Å². The average molecular weight is 368 g/mol. The van der Waals surface area contributed by atoms with Crippen molar-refractivity contribution >= 4 is 17.5 Å². The quantitative estimate of drug-likeness (QED) is 0.660. The summed E-state index contributed by atoms with van der Waals surface area (Å²) < 4.78 is 1.82. The molecule has 0 aliphatic heterocycles. The Morgan fingerprint density at radius 3 is 2.38 bits per heavy atom. The molecule has 2 aromatic carbocycles. The van der Waals surface area contributed by atoms with Crippen molar-refractivity contribution in [1.29, 1.82) is 0 Å². The first kappa shape index (κ1) is 18.2. The number of hydrogen-bond acceptors (Lipinski definition) is 2. The Bertz CT molecular complexity index is 885. The van der Waals surface area contributed by atoms with Crippen molar-refractivity contribution in [1.82, 2.24) is 14.7 Å². The van der Waals surface area contributed by atoms with Crippen LogP contribution in [0.5, 0.6) is 0 Å². The molecule has 1 aromatic heterocycles. The zero-order chi connectivity index (χ0) is 18.7. The molecule has 3 rings (SSSR count). The molecule has 0 aliphatic rings. The summed E-state index contributed by atoms with van der Waals surface area (Å²) in [6.07, 6.45) is 2.24. The fourth-order valence-corrected chi connectivity index (χ4v) is 2.80. The highest BCUT2D eigenvalue weighted by Gasteiger charge is 2.18. The Balaban J connectivity index is 2.02. The highest BCUT2D eigenvalue weighted by atomic mass is 35.5. The summed E-state index contributed by atoms with van der Waals surface area (Å²) in [6.45, 7) is 4.01. The number of aromatic nitrogens is 2. The van der Waals surface area contributed by atoms with Gasteiger partial charge in [-0.1, -0.05) is 41.9 Å². The van der Waals surface area contributed by atoms with E-state index in [2.05, 4.69) is 0 Å². The molecule has 4 nitrogen and oxygen atoms in total. The summed E-state index contributed by atoms with van der Waals surface area (Å²) in [5.41, 5.74) is 3.60. The molecule has 0 aliphatic carbocycles. The van der Waals surface area contributed by atoms with Crippen molar-refractivity contribution in [3.8, 4) is 16.9 Å². The second-order valence-corrected chi connectivity index (χ2v) is 7.00. The summed E-state index contributed by atoms with van der Waals surface area (Å²) in [5.74, 6) is 0.0721. The van der Waals surface area contributed by atoms with Crippen LogP contribution in [0.2, 0.25) is 5.02 Å². The lowest BCUT2D eigenvalue weighted by Gasteiger charge is -2.21. The maximum atomic E-state index is 12.6. The van der Waals surface area contributed by atoms with Crippen molar-refractivity contribution in [3.63, 3.8) is 0 Å². The topological polar surface area (TPSA) is 38.1 Å². The summed E-state index contributed by atoms with van der Waals surface area (Å²) in [7, 11) is 1.83. The Hall–Kier alpha value is -2.59. The van der Waals surface area contributed by atoms with Crippen LogP contribution >= 0.6 is 11.6 Å². The first-order chi connectivity index (χ1) is 12.5. The minimum absolute atomic E-state index is 0.0721. The Labute approximate surface area is 159 Å². The molecule has 0 unspecified atom stereocenters. The molecule has 0 N–H and O–H groups in total. The summed E-state index contributed by atoms with van der Waals surface area (Å²) in [4.78, 5) is 14.4. The van der Waals surface area contributed by atoms with Gasteiger partial charge in [0.25, 0.3) is 0 Å². The lowest BCUT2D eigenvalue weighted by molar-refractivity contribution is -0.130. The van der Waals surface area contributed by atoms with Gasteiger partial charge in [0.05, 0.1) is 17.8 Å². The normalized spacial score (nSPS) is 11.0. The third kappa shape index (κ3) is 3.97. The number of hydrogen-bond donors (Lipinski definition) is 0. The van der Waals surface area contributed by atoms with E-state index in [1.807, 2.05) is 86.4 Å². The number of rotatable bonds is 5. The van der Waals surface area contributed by atoms with E-state index in [-0.39, 0.29) is 11.9 Å². The van der Waals surface area contributed by atoms with E-state index in [1.165, 1.54) is 0 Å². The second kappa shape index (κ2) is 7.75. The van der Waals surface area contributed by atoms with Crippen molar-refractivity contribution in [3.05, 3.63) is 71.4 Å². The fraction of sp³-hybridized carbons (Fsp3) is 0.238. The number of likely N-dealkylation sites (N-methyl/N-ethyl adjacent to an activating group) is 1. The molecule has 0 bridgehead atoms. The molecule has 0 saturated heterocycles. The molecule has 0 saturated carbocycles. The Kier molecular flexibility index (Phi) is 5.43. The molecule has 1 amide bonds. The molecule has 3 aromatic rings. The maximum Gasteiger partial charge on any atom is 0.227 e. The number of carbonyl (C=O) groups is 1. The molecule has 134 valence electrons. The van der Waals surface area contributed by atoms with Gasteiger partial charge in [-0.25, -0.2) is 4.68 Å². The highest BCUT2D eigenvalue weighted by molar-refractivity contribution is 6.30. The molecule has 0 radical (unpaired) electrons. The smallest absolute Gasteiger partial charge is 0.227 e. The predicted octanol–water partition coefficient (Wildman–Crippen LogP) is 4.60. The van der Waals surface area contributed by atoms with E-state index in [1.54, 1.807) is 4.90 Å². The minimum atomic E-state index is 0.0721. The van der Waals surface area contributed by atoms with E-state index >= 15 is 0 Å². The van der Waals surface area contributed by atoms with E-state index in [4.69, 9.17) is 16.7 Å². The van der Waals surface area contributed by atoms with Crippen molar-refractivity contribution in [2.45, 2.75) is 26.3 Å². The van der Waals surface area contributed by atoms with Gasteiger partial charge in [-0.3, -0.25) is 4.79 Å². The zero-order valence-corrected chi connectivity index (χ0v) is 15.9. The Morgan fingerprint density at radius 2 is 1.77 bits per heavy atom. The van der Waals surface area contributed by atoms with Crippen molar-refractivity contribution in [2.75, 3.05) is 7.05 Å². The van der Waals surface area contributed by atoms with E-state index in [0.29, 0.717) is 11.4 Å². The number of amides is 1. The van der Waals surface area contributed by atoms with Crippen LogP contribution in [0.3, 0.4) is 0 Å². The lowest BCUT2D eigenvalue weighted by atomic mass is 10.1. The van der Waals surface area contributed by atoms with E-state index < -0.39 is 0 Å². The van der Waals surface area contributed by atoms with Crippen LogP contribution in [0.25, 0.3) is 16.9 Å². The molecular weight excluding hydrogens is 346 g/mol. The average Bonchev–Trinajstić information content (AvgIpc) is 3.06. The largest absolute Gasteiger partial charge is 0.343 e. The number of para-hydroxylation sites is 1. The van der Waals surface area contributed by atoms with Gasteiger partial charge in [0, 0.05) is 35.4 Å². The van der Waals surface area contributed by atoms with Gasteiger partial charge in [0.2, 0.25) is 5.91 Å². The molecule has 26 heavy (non-hydrogen) atoms.